The van der Waals surface area contributed by atoms with Crippen molar-refractivity contribution in [2.75, 3.05) is 39.8 Å². The van der Waals surface area contributed by atoms with Crippen LogP contribution in [-0.4, -0.2) is 89.4 Å². The molecule has 0 amide bonds. The maximum Gasteiger partial charge on any atom is 0.321 e. The third-order valence-electron chi connectivity index (χ3n) is 10.0. The molecule has 5 atom stereocenters. The van der Waals surface area contributed by atoms with E-state index in [2.05, 4.69) is 34.1 Å². The first kappa shape index (κ1) is 28.5. The molecule has 0 radical (unpaired) electrons. The number of halogens is 1. The van der Waals surface area contributed by atoms with E-state index in [4.69, 9.17) is 4.74 Å². The van der Waals surface area contributed by atoms with Gasteiger partial charge in [0.1, 0.15) is 17.5 Å². The zero-order valence-electron chi connectivity index (χ0n) is 24.3. The first-order valence-electron chi connectivity index (χ1n) is 15.0. The van der Waals surface area contributed by atoms with Crippen LogP contribution in [0, 0.1) is 17.7 Å². The molecule has 3 heterocycles. The second-order valence-electron chi connectivity index (χ2n) is 12.5. The summed E-state index contributed by atoms with van der Waals surface area (Å²) in [7, 11) is 1.96. The third-order valence-corrected chi connectivity index (χ3v) is 10.0. The summed E-state index contributed by atoms with van der Waals surface area (Å²) in [5.41, 5.74) is 7.32. The van der Waals surface area contributed by atoms with Crippen LogP contribution in [-0.2, 0) is 9.53 Å². The van der Waals surface area contributed by atoms with E-state index in [9.17, 15) is 14.3 Å². The number of rotatable bonds is 9. The third kappa shape index (κ3) is 5.37. The van der Waals surface area contributed by atoms with Crippen molar-refractivity contribution in [3.8, 4) is 0 Å². The number of carboxylic acids is 1. The Kier molecular flexibility index (Phi) is 8.39. The number of likely N-dealkylation sites (N-methyl/N-ethyl adjacent to an activating group) is 2. The molecule has 8 heteroatoms. The summed E-state index contributed by atoms with van der Waals surface area (Å²) >= 11 is 0. The van der Waals surface area contributed by atoms with Crippen molar-refractivity contribution in [3.63, 3.8) is 0 Å². The Bertz CT molecular complexity index is 1070. The van der Waals surface area contributed by atoms with Gasteiger partial charge in [0.05, 0.1) is 18.3 Å². The summed E-state index contributed by atoms with van der Waals surface area (Å²) in [6, 6.07) is 7.10. The molecule has 4 aliphatic rings. The average Bonchev–Trinajstić information content (AvgIpc) is 3.58. The number of hydrogen-bond donors (Lipinski definition) is 2. The number of nitrogens with zero attached hydrogens (tertiary/aromatic N) is 3. The summed E-state index contributed by atoms with van der Waals surface area (Å²) in [5.74, 6) is -0.395. The van der Waals surface area contributed by atoms with Gasteiger partial charge in [0, 0.05) is 32.2 Å². The molecule has 1 spiro atoms. The van der Waals surface area contributed by atoms with E-state index in [0.717, 1.165) is 70.5 Å². The smallest absolute Gasteiger partial charge is 0.321 e. The second kappa shape index (κ2) is 11.5. The Hall–Kier alpha value is -2.00. The zero-order chi connectivity index (χ0) is 27.9. The van der Waals surface area contributed by atoms with Crippen LogP contribution in [0.4, 0.5) is 4.39 Å². The normalized spacial score (nSPS) is 29.9. The van der Waals surface area contributed by atoms with Gasteiger partial charge < -0.3 is 20.2 Å². The zero-order valence-corrected chi connectivity index (χ0v) is 24.3. The molecule has 216 valence electrons. The fraction of sp³-hybridized carbons (Fsp3) is 0.710. The SMILES string of the molecule is CCC1C2=C(NN1CC)C1(CCN(CC3CC(N(C)[C@@H](C(=O)O)C(C)C)CC3c3cccc(F)c3)CC1)OC2. The van der Waals surface area contributed by atoms with Crippen molar-refractivity contribution in [2.45, 2.75) is 89.4 Å². The summed E-state index contributed by atoms with van der Waals surface area (Å²) < 4.78 is 20.8. The standard InChI is InChI=1S/C31H47FN4O3/c1-6-27-26-19-39-31(29(26)33-36(27)7-2)11-13-35(14-12-31)18-22-16-24(34(5)28(20(3)4)30(37)38)17-25(22)21-9-8-10-23(32)15-21/h8-10,15,20,22,24-25,27-28,33H,6-7,11-14,16-19H2,1-5H3,(H,37,38)/t22?,24?,25?,27?,28-/m1/s1. The number of ether oxygens (including phenoxy) is 1. The van der Waals surface area contributed by atoms with Crippen LogP contribution in [0.1, 0.15) is 71.3 Å². The van der Waals surface area contributed by atoms with Gasteiger partial charge in [0.25, 0.3) is 0 Å². The maximum absolute atomic E-state index is 14.3. The molecule has 1 saturated carbocycles. The quantitative estimate of drug-likeness (QED) is 0.477. The van der Waals surface area contributed by atoms with Crippen molar-refractivity contribution < 1.29 is 19.0 Å². The molecule has 5 rings (SSSR count). The van der Waals surface area contributed by atoms with Crippen molar-refractivity contribution in [3.05, 3.63) is 46.9 Å². The topological polar surface area (TPSA) is 68.3 Å². The number of hydrazine groups is 1. The van der Waals surface area contributed by atoms with E-state index in [1.807, 2.05) is 27.0 Å². The largest absolute Gasteiger partial charge is 0.480 e. The minimum absolute atomic E-state index is 0.0168. The number of benzene rings is 1. The lowest BCUT2D eigenvalue weighted by Crippen LogP contribution is -2.51. The van der Waals surface area contributed by atoms with Crippen LogP contribution < -0.4 is 5.43 Å². The van der Waals surface area contributed by atoms with Crippen LogP contribution >= 0.6 is 0 Å². The Morgan fingerprint density at radius 1 is 1.26 bits per heavy atom. The highest BCUT2D eigenvalue weighted by atomic mass is 19.1. The van der Waals surface area contributed by atoms with E-state index in [0.29, 0.717) is 12.0 Å². The molecule has 4 unspecified atom stereocenters. The predicted molar refractivity (Wildman–Crippen MR) is 151 cm³/mol. The number of hydrogen-bond acceptors (Lipinski definition) is 6. The molecule has 2 fully saturated rings. The first-order valence-corrected chi connectivity index (χ1v) is 15.0. The minimum atomic E-state index is -0.766. The van der Waals surface area contributed by atoms with E-state index in [1.165, 1.54) is 17.3 Å². The van der Waals surface area contributed by atoms with Gasteiger partial charge in [0.15, 0.2) is 0 Å². The van der Waals surface area contributed by atoms with Crippen LogP contribution in [0.15, 0.2) is 35.5 Å². The van der Waals surface area contributed by atoms with Gasteiger partial charge in [-0.3, -0.25) is 9.69 Å². The Labute approximate surface area is 233 Å². The van der Waals surface area contributed by atoms with Gasteiger partial charge in [0.2, 0.25) is 0 Å². The number of carbonyl (C=O) groups is 1. The van der Waals surface area contributed by atoms with E-state index >= 15 is 0 Å². The van der Waals surface area contributed by atoms with Crippen molar-refractivity contribution in [2.24, 2.45) is 11.8 Å². The monoisotopic (exact) mass is 542 g/mol. The highest BCUT2D eigenvalue weighted by Gasteiger charge is 2.50. The lowest BCUT2D eigenvalue weighted by atomic mass is 9.85. The van der Waals surface area contributed by atoms with Crippen LogP contribution in [0.5, 0.6) is 0 Å². The number of nitrogens with one attached hydrogen (secondary N) is 1. The molecular weight excluding hydrogens is 495 g/mol. The molecule has 1 aromatic rings. The molecule has 0 bridgehead atoms. The highest BCUT2D eigenvalue weighted by molar-refractivity contribution is 5.73. The van der Waals surface area contributed by atoms with E-state index in [1.54, 1.807) is 12.1 Å². The van der Waals surface area contributed by atoms with E-state index < -0.39 is 12.0 Å². The van der Waals surface area contributed by atoms with Gasteiger partial charge in [-0.15, -0.1) is 0 Å². The lowest BCUT2D eigenvalue weighted by Gasteiger charge is -2.42. The minimum Gasteiger partial charge on any atom is -0.480 e. The Morgan fingerprint density at radius 2 is 2.00 bits per heavy atom. The number of likely N-dealkylation sites (tertiary alicyclic amines) is 1. The molecule has 1 saturated heterocycles. The summed E-state index contributed by atoms with van der Waals surface area (Å²) in [5, 5.41) is 12.3. The van der Waals surface area contributed by atoms with Crippen LogP contribution in [0.2, 0.25) is 0 Å². The fourth-order valence-corrected chi connectivity index (χ4v) is 8.02. The molecule has 7 nitrogen and oxygen atoms in total. The molecule has 2 N–H and O–H groups in total. The number of carboxylic acid groups (broad SMARTS) is 1. The molecule has 39 heavy (non-hydrogen) atoms. The Balaban J connectivity index is 1.29. The van der Waals surface area contributed by atoms with Crippen molar-refractivity contribution in [1.82, 2.24) is 20.2 Å². The Morgan fingerprint density at radius 3 is 2.62 bits per heavy atom. The molecule has 3 aliphatic heterocycles. The molecule has 0 aromatic heterocycles. The lowest BCUT2D eigenvalue weighted by molar-refractivity contribution is -0.145. The average molecular weight is 543 g/mol. The summed E-state index contributed by atoms with van der Waals surface area (Å²) in [6.45, 7) is 13.0. The van der Waals surface area contributed by atoms with E-state index in [-0.39, 0.29) is 29.3 Å². The van der Waals surface area contributed by atoms with Crippen LogP contribution in [0.3, 0.4) is 0 Å². The maximum atomic E-state index is 14.3. The fourth-order valence-electron chi connectivity index (χ4n) is 8.02. The van der Waals surface area contributed by atoms with Gasteiger partial charge in [-0.1, -0.05) is 39.8 Å². The molecule has 1 aromatic carbocycles. The molecular formula is C31H47FN4O3. The van der Waals surface area contributed by atoms with Gasteiger partial charge >= 0.3 is 5.97 Å². The van der Waals surface area contributed by atoms with Gasteiger partial charge in [-0.25, -0.2) is 9.40 Å². The summed E-state index contributed by atoms with van der Waals surface area (Å²) in [6.07, 6.45) is 4.81. The highest BCUT2D eigenvalue weighted by Crippen LogP contribution is 2.46. The number of fused-ring (bicyclic) bond motifs is 1. The van der Waals surface area contributed by atoms with Crippen molar-refractivity contribution in [1.29, 1.82) is 0 Å². The van der Waals surface area contributed by atoms with Crippen molar-refractivity contribution >= 4 is 5.97 Å². The van der Waals surface area contributed by atoms with Gasteiger partial charge in [-0.2, -0.15) is 0 Å². The van der Waals surface area contributed by atoms with Gasteiger partial charge in [-0.05, 0) is 80.2 Å². The first-order chi connectivity index (χ1) is 18.7. The predicted octanol–water partition coefficient (Wildman–Crippen LogP) is 4.47. The number of piperidine rings is 1. The second-order valence-corrected chi connectivity index (χ2v) is 12.5. The summed E-state index contributed by atoms with van der Waals surface area (Å²) in [4.78, 5) is 16.7. The molecule has 1 aliphatic carbocycles. The number of aliphatic carboxylic acids is 1. The van der Waals surface area contributed by atoms with Crippen LogP contribution in [0.25, 0.3) is 0 Å².